The molecular weight excluding hydrogens is 300 g/mol. The van der Waals surface area contributed by atoms with E-state index >= 15 is 0 Å². The Kier molecular flexibility index (Phi) is 4.42. The number of sulfonamides is 1. The molecule has 2 rings (SSSR count). The molecule has 0 saturated heterocycles. The number of anilines is 1. The van der Waals surface area contributed by atoms with Crippen LogP contribution in [-0.2, 0) is 10.0 Å². The first-order valence-electron chi connectivity index (χ1n) is 6.02. The molecular formula is C14H13F2NO3S. The van der Waals surface area contributed by atoms with Crippen LogP contribution in [0.1, 0.15) is 5.56 Å². The van der Waals surface area contributed by atoms with Gasteiger partial charge in [-0.1, -0.05) is 29.8 Å². The second kappa shape index (κ2) is 6.09. The highest BCUT2D eigenvalue weighted by atomic mass is 32.2. The summed E-state index contributed by atoms with van der Waals surface area (Å²) in [7, 11) is -3.86. The number of rotatable bonds is 5. The van der Waals surface area contributed by atoms with Crippen molar-refractivity contribution in [3.05, 3.63) is 54.1 Å². The van der Waals surface area contributed by atoms with Crippen LogP contribution in [0.4, 0.5) is 14.5 Å². The largest absolute Gasteiger partial charge is 0.433 e. The average molecular weight is 313 g/mol. The molecule has 7 heteroatoms. The SMILES string of the molecule is Cc1ccc(S(=O)(=O)Nc2ccccc2OC(F)F)cc1. The molecule has 1 N–H and O–H groups in total. The van der Waals surface area contributed by atoms with E-state index in [1.807, 2.05) is 6.92 Å². The summed E-state index contributed by atoms with van der Waals surface area (Å²) in [6.45, 7) is -1.20. The molecule has 21 heavy (non-hydrogen) atoms. The molecule has 0 radical (unpaired) electrons. The van der Waals surface area contributed by atoms with Crippen LogP contribution in [0, 0.1) is 6.92 Å². The third kappa shape index (κ3) is 3.91. The Morgan fingerprint density at radius 1 is 1.05 bits per heavy atom. The topological polar surface area (TPSA) is 55.4 Å². The Hall–Kier alpha value is -2.15. The minimum absolute atomic E-state index is 0.0416. The molecule has 112 valence electrons. The molecule has 0 aliphatic carbocycles. The quantitative estimate of drug-likeness (QED) is 0.920. The summed E-state index contributed by atoms with van der Waals surface area (Å²) in [6, 6.07) is 11.8. The van der Waals surface area contributed by atoms with Crippen molar-refractivity contribution in [1.82, 2.24) is 0 Å². The summed E-state index contributed by atoms with van der Waals surface area (Å²) >= 11 is 0. The fraction of sp³-hybridized carbons (Fsp3) is 0.143. The fourth-order valence-corrected chi connectivity index (χ4v) is 2.74. The minimum atomic E-state index is -3.86. The molecule has 0 aliphatic heterocycles. The number of benzene rings is 2. The van der Waals surface area contributed by atoms with Crippen LogP contribution in [0.5, 0.6) is 5.75 Å². The first kappa shape index (κ1) is 15.2. The van der Waals surface area contributed by atoms with Gasteiger partial charge in [-0.3, -0.25) is 4.72 Å². The van der Waals surface area contributed by atoms with Crippen molar-refractivity contribution in [2.75, 3.05) is 4.72 Å². The summed E-state index contributed by atoms with van der Waals surface area (Å²) < 4.78 is 55.5. The van der Waals surface area contributed by atoms with E-state index in [4.69, 9.17) is 0 Å². The summed E-state index contributed by atoms with van der Waals surface area (Å²) in [5, 5.41) is 0. The zero-order valence-corrected chi connectivity index (χ0v) is 11.9. The molecule has 0 aliphatic rings. The number of hydrogen-bond donors (Lipinski definition) is 1. The molecule has 0 unspecified atom stereocenters. The van der Waals surface area contributed by atoms with Crippen LogP contribution in [0.15, 0.2) is 53.4 Å². The van der Waals surface area contributed by atoms with Crippen LogP contribution in [-0.4, -0.2) is 15.0 Å². The second-order valence-corrected chi connectivity index (χ2v) is 5.98. The van der Waals surface area contributed by atoms with Crippen molar-refractivity contribution in [3.8, 4) is 5.75 Å². The molecule has 0 amide bonds. The van der Waals surface area contributed by atoms with Crippen molar-refractivity contribution in [2.24, 2.45) is 0 Å². The Morgan fingerprint density at radius 2 is 1.67 bits per heavy atom. The van der Waals surface area contributed by atoms with Crippen molar-refractivity contribution in [2.45, 2.75) is 18.4 Å². The lowest BCUT2D eigenvalue weighted by Gasteiger charge is -2.13. The van der Waals surface area contributed by atoms with Crippen LogP contribution in [0.2, 0.25) is 0 Å². The maximum atomic E-state index is 12.3. The van der Waals surface area contributed by atoms with Gasteiger partial charge in [0.05, 0.1) is 10.6 Å². The zero-order chi connectivity index (χ0) is 15.5. The number of aryl methyl sites for hydroxylation is 1. The van der Waals surface area contributed by atoms with Gasteiger partial charge >= 0.3 is 6.61 Å². The summed E-state index contributed by atoms with van der Waals surface area (Å²) in [5.74, 6) is -0.233. The smallest absolute Gasteiger partial charge is 0.387 e. The molecule has 0 bridgehead atoms. The maximum absolute atomic E-state index is 12.3. The Labute approximate surface area is 121 Å². The lowest BCUT2D eigenvalue weighted by atomic mass is 10.2. The van der Waals surface area contributed by atoms with E-state index < -0.39 is 16.6 Å². The first-order chi connectivity index (χ1) is 9.88. The summed E-state index contributed by atoms with van der Waals surface area (Å²) in [6.07, 6.45) is 0. The summed E-state index contributed by atoms with van der Waals surface area (Å²) in [5.41, 5.74) is 0.869. The highest BCUT2D eigenvalue weighted by Gasteiger charge is 2.17. The highest BCUT2D eigenvalue weighted by Crippen LogP contribution is 2.27. The summed E-state index contributed by atoms with van der Waals surface area (Å²) in [4.78, 5) is 0.0416. The normalized spacial score (nSPS) is 11.4. The molecule has 0 heterocycles. The van der Waals surface area contributed by atoms with Gasteiger partial charge in [0, 0.05) is 0 Å². The van der Waals surface area contributed by atoms with Gasteiger partial charge in [0.1, 0.15) is 5.75 Å². The average Bonchev–Trinajstić information content (AvgIpc) is 2.40. The number of nitrogens with one attached hydrogen (secondary N) is 1. The predicted molar refractivity (Wildman–Crippen MR) is 75.1 cm³/mol. The number of para-hydroxylation sites is 2. The van der Waals surface area contributed by atoms with Gasteiger partial charge in [-0.2, -0.15) is 8.78 Å². The molecule has 0 aromatic heterocycles. The van der Waals surface area contributed by atoms with Gasteiger partial charge in [-0.15, -0.1) is 0 Å². The third-order valence-corrected chi connectivity index (χ3v) is 4.06. The monoisotopic (exact) mass is 313 g/mol. The third-order valence-electron chi connectivity index (χ3n) is 2.68. The molecule has 2 aromatic carbocycles. The number of alkyl halides is 2. The van der Waals surface area contributed by atoms with Crippen LogP contribution >= 0.6 is 0 Å². The lowest BCUT2D eigenvalue weighted by Crippen LogP contribution is -2.14. The molecule has 4 nitrogen and oxygen atoms in total. The Balaban J connectivity index is 2.30. The molecule has 2 aromatic rings. The van der Waals surface area contributed by atoms with Gasteiger partial charge in [0.25, 0.3) is 10.0 Å². The van der Waals surface area contributed by atoms with E-state index in [-0.39, 0.29) is 16.3 Å². The van der Waals surface area contributed by atoms with Gasteiger partial charge in [0.2, 0.25) is 0 Å². The van der Waals surface area contributed by atoms with Crippen LogP contribution < -0.4 is 9.46 Å². The van der Waals surface area contributed by atoms with E-state index in [1.165, 1.54) is 36.4 Å². The lowest BCUT2D eigenvalue weighted by molar-refractivity contribution is -0.0493. The van der Waals surface area contributed by atoms with Gasteiger partial charge in [-0.25, -0.2) is 8.42 Å². The molecule has 0 saturated carbocycles. The van der Waals surface area contributed by atoms with E-state index in [1.54, 1.807) is 12.1 Å². The molecule has 0 atom stereocenters. The van der Waals surface area contributed by atoms with Gasteiger partial charge in [-0.05, 0) is 31.2 Å². The Bertz CT molecular complexity index is 715. The van der Waals surface area contributed by atoms with Crippen molar-refractivity contribution < 1.29 is 21.9 Å². The fourth-order valence-electron chi connectivity index (χ4n) is 1.67. The highest BCUT2D eigenvalue weighted by molar-refractivity contribution is 7.92. The predicted octanol–water partition coefficient (Wildman–Crippen LogP) is 3.40. The zero-order valence-electron chi connectivity index (χ0n) is 11.1. The van der Waals surface area contributed by atoms with E-state index in [2.05, 4.69) is 9.46 Å². The Morgan fingerprint density at radius 3 is 2.29 bits per heavy atom. The minimum Gasteiger partial charge on any atom is -0.433 e. The number of halogens is 2. The standard InChI is InChI=1S/C14H13F2NO3S/c1-10-6-8-11(9-7-10)21(18,19)17-12-4-2-3-5-13(12)20-14(15)16/h2-9,14,17H,1H3. The van der Waals surface area contributed by atoms with Crippen LogP contribution in [0.3, 0.4) is 0 Å². The molecule has 0 spiro atoms. The van der Waals surface area contributed by atoms with Gasteiger partial charge in [0.15, 0.2) is 0 Å². The van der Waals surface area contributed by atoms with E-state index in [0.29, 0.717) is 0 Å². The van der Waals surface area contributed by atoms with Crippen LogP contribution in [0.25, 0.3) is 0 Å². The number of ether oxygens (including phenoxy) is 1. The number of hydrogen-bond acceptors (Lipinski definition) is 3. The second-order valence-electron chi connectivity index (χ2n) is 4.29. The van der Waals surface area contributed by atoms with Crippen molar-refractivity contribution >= 4 is 15.7 Å². The first-order valence-corrected chi connectivity index (χ1v) is 7.50. The molecule has 0 fully saturated rings. The van der Waals surface area contributed by atoms with Crippen molar-refractivity contribution in [1.29, 1.82) is 0 Å². The van der Waals surface area contributed by atoms with E-state index in [0.717, 1.165) is 5.56 Å². The maximum Gasteiger partial charge on any atom is 0.387 e. The van der Waals surface area contributed by atoms with E-state index in [9.17, 15) is 17.2 Å². The van der Waals surface area contributed by atoms with Gasteiger partial charge < -0.3 is 4.74 Å². The van der Waals surface area contributed by atoms with Crippen molar-refractivity contribution in [3.63, 3.8) is 0 Å².